The molecule has 0 aromatic rings. The van der Waals surface area contributed by atoms with Crippen molar-refractivity contribution in [3.8, 4) is 0 Å². The van der Waals surface area contributed by atoms with Gasteiger partial charge < -0.3 is 5.11 Å². The Morgan fingerprint density at radius 3 is 2.33 bits per heavy atom. The molecule has 0 heterocycles. The zero-order chi connectivity index (χ0) is 24.0. The van der Waals surface area contributed by atoms with Crippen LogP contribution in [0.2, 0.25) is 0 Å². The van der Waals surface area contributed by atoms with Crippen molar-refractivity contribution < 1.29 is 22.3 Å². The highest BCUT2D eigenvalue weighted by atomic mass is 32.3. The molecule has 192 valence electrons. The van der Waals surface area contributed by atoms with Crippen LogP contribution in [0.3, 0.4) is 0 Å². The van der Waals surface area contributed by atoms with Gasteiger partial charge in [-0.1, -0.05) is 40.5 Å². The summed E-state index contributed by atoms with van der Waals surface area (Å²) in [6.07, 6.45) is 13.7. The highest BCUT2D eigenvalue weighted by Gasteiger charge is 2.60. The minimum Gasteiger partial charge on any atom is -0.393 e. The molecule has 4 rings (SSSR count). The maximum Gasteiger partial charge on any atom is 0.397 e. The molecular weight excluding hydrogens is 436 g/mol. The van der Waals surface area contributed by atoms with Crippen molar-refractivity contribution in [3.05, 3.63) is 0 Å². The predicted molar refractivity (Wildman–Crippen MR) is 131 cm³/mol. The monoisotopic (exact) mass is 484 g/mol. The highest BCUT2D eigenvalue weighted by molar-refractivity contribution is 7.80. The Bertz CT molecular complexity index is 781. The fourth-order valence-corrected chi connectivity index (χ4v) is 9.76. The molecule has 4 saturated carbocycles. The maximum atomic E-state index is 11.4. The molecule has 4 aliphatic rings. The van der Waals surface area contributed by atoms with Crippen LogP contribution in [0.15, 0.2) is 0 Å². The summed E-state index contributed by atoms with van der Waals surface area (Å²) >= 11 is 0. The predicted octanol–water partition coefficient (Wildman–Crippen LogP) is 6.27. The van der Waals surface area contributed by atoms with Gasteiger partial charge in [-0.25, -0.2) is 4.18 Å². The fourth-order valence-electron chi connectivity index (χ4n) is 9.41. The second-order valence-corrected chi connectivity index (χ2v) is 14.2. The van der Waals surface area contributed by atoms with E-state index < -0.39 is 10.4 Å². The zero-order valence-electron chi connectivity index (χ0n) is 21.3. The lowest BCUT2D eigenvalue weighted by molar-refractivity contribution is -0.130. The first-order valence-corrected chi connectivity index (χ1v) is 15.1. The molecule has 6 heteroatoms. The van der Waals surface area contributed by atoms with Gasteiger partial charge in [0.05, 0.1) is 12.7 Å². The Kier molecular flexibility index (Phi) is 7.62. The summed E-state index contributed by atoms with van der Waals surface area (Å²) in [6.45, 7) is 9.62. The second-order valence-electron chi connectivity index (χ2n) is 13.1. The van der Waals surface area contributed by atoms with Gasteiger partial charge in [-0.15, -0.1) is 0 Å². The summed E-state index contributed by atoms with van der Waals surface area (Å²) < 4.78 is 37.0. The van der Waals surface area contributed by atoms with Crippen molar-refractivity contribution in [1.82, 2.24) is 0 Å². The van der Waals surface area contributed by atoms with Crippen LogP contribution in [-0.2, 0) is 14.6 Å². The molecular formula is C27H48O5S. The lowest BCUT2D eigenvalue weighted by Crippen LogP contribution is -2.54. The Morgan fingerprint density at radius 2 is 1.64 bits per heavy atom. The van der Waals surface area contributed by atoms with Crippen molar-refractivity contribution in [3.63, 3.8) is 0 Å². The molecule has 0 aliphatic heterocycles. The number of fused-ring (bicyclic) bond motifs is 5. The van der Waals surface area contributed by atoms with Gasteiger partial charge in [-0.3, -0.25) is 4.55 Å². The van der Waals surface area contributed by atoms with Gasteiger partial charge in [0, 0.05) is 0 Å². The molecule has 0 aromatic heterocycles. The van der Waals surface area contributed by atoms with E-state index in [1.54, 1.807) is 0 Å². The van der Waals surface area contributed by atoms with Crippen molar-refractivity contribution in [1.29, 1.82) is 0 Å². The van der Waals surface area contributed by atoms with E-state index in [0.717, 1.165) is 50.4 Å². The Hall–Kier alpha value is -0.170. The van der Waals surface area contributed by atoms with Crippen molar-refractivity contribution >= 4 is 10.4 Å². The van der Waals surface area contributed by atoms with Gasteiger partial charge in [-0.2, -0.15) is 8.42 Å². The number of hydrogen-bond donors (Lipinski definition) is 2. The van der Waals surface area contributed by atoms with Gasteiger partial charge in [0.2, 0.25) is 0 Å². The Labute approximate surface area is 202 Å². The topological polar surface area (TPSA) is 83.8 Å². The summed E-state index contributed by atoms with van der Waals surface area (Å²) in [4.78, 5) is 0. The van der Waals surface area contributed by atoms with Gasteiger partial charge >= 0.3 is 10.4 Å². The van der Waals surface area contributed by atoms with Crippen LogP contribution in [0.5, 0.6) is 0 Å². The largest absolute Gasteiger partial charge is 0.397 e. The quantitative estimate of drug-likeness (QED) is 0.397. The first-order valence-electron chi connectivity index (χ1n) is 13.7. The molecule has 0 bridgehead atoms. The van der Waals surface area contributed by atoms with E-state index in [-0.39, 0.29) is 24.0 Å². The Morgan fingerprint density at radius 1 is 0.939 bits per heavy atom. The molecule has 0 spiro atoms. The summed E-state index contributed by atoms with van der Waals surface area (Å²) in [5.74, 6) is 4.23. The summed E-state index contributed by atoms with van der Waals surface area (Å²) in [7, 11) is -4.40. The van der Waals surface area contributed by atoms with Crippen molar-refractivity contribution in [2.24, 2.45) is 52.3 Å². The molecule has 0 radical (unpaired) electrons. The molecule has 4 aliphatic carbocycles. The SMILES string of the molecule is CC(C)CCCC(COS(=O)(=O)O)C1CCC2C3CCC4CC(O)CCC4(C)C3CCC12C. The van der Waals surface area contributed by atoms with E-state index in [4.69, 9.17) is 4.18 Å². The highest BCUT2D eigenvalue weighted by Crippen LogP contribution is 2.68. The molecule has 0 aromatic carbocycles. The number of aliphatic hydroxyl groups is 1. The lowest BCUT2D eigenvalue weighted by atomic mass is 9.44. The van der Waals surface area contributed by atoms with Gasteiger partial charge in [0.15, 0.2) is 0 Å². The summed E-state index contributed by atoms with van der Waals surface area (Å²) in [6, 6.07) is 0. The summed E-state index contributed by atoms with van der Waals surface area (Å²) in [5.41, 5.74) is 0.621. The third kappa shape index (κ3) is 5.20. The van der Waals surface area contributed by atoms with E-state index in [0.29, 0.717) is 29.1 Å². The average molecular weight is 485 g/mol. The fraction of sp³-hybridized carbons (Fsp3) is 1.00. The molecule has 9 unspecified atom stereocenters. The van der Waals surface area contributed by atoms with E-state index in [1.807, 2.05) is 0 Å². The van der Waals surface area contributed by atoms with E-state index >= 15 is 0 Å². The average Bonchev–Trinajstić information content (AvgIpc) is 3.07. The van der Waals surface area contributed by atoms with Crippen molar-refractivity contribution in [2.45, 2.75) is 111 Å². The molecule has 0 amide bonds. The third-order valence-electron chi connectivity index (χ3n) is 11.1. The van der Waals surface area contributed by atoms with Crippen LogP contribution in [0, 0.1) is 52.3 Å². The van der Waals surface area contributed by atoms with Gasteiger partial charge in [-0.05, 0) is 116 Å². The molecule has 5 nitrogen and oxygen atoms in total. The van der Waals surface area contributed by atoms with Crippen LogP contribution < -0.4 is 0 Å². The first kappa shape index (κ1) is 25.9. The zero-order valence-corrected chi connectivity index (χ0v) is 22.2. The molecule has 9 atom stereocenters. The van der Waals surface area contributed by atoms with Crippen LogP contribution in [0.4, 0.5) is 0 Å². The lowest BCUT2D eigenvalue weighted by Gasteiger charge is -2.61. The van der Waals surface area contributed by atoms with Gasteiger partial charge in [0.1, 0.15) is 0 Å². The first-order chi connectivity index (χ1) is 15.4. The number of rotatable bonds is 8. The molecule has 2 N–H and O–H groups in total. The normalized spacial score (nSPS) is 44.2. The smallest absolute Gasteiger partial charge is 0.393 e. The van der Waals surface area contributed by atoms with Crippen LogP contribution in [0.25, 0.3) is 0 Å². The molecule has 0 saturated heterocycles. The van der Waals surface area contributed by atoms with Crippen molar-refractivity contribution in [2.75, 3.05) is 6.61 Å². The standard InChI is InChI=1S/C27H48O5S/c1-18(2)6-5-7-19(17-32-33(29,30)31)23-10-11-24-22-9-8-20-16-21(28)12-14-26(20,3)25(22)13-15-27(23,24)4/h18-25,28H,5-17H2,1-4H3,(H,29,30,31). The third-order valence-corrected chi connectivity index (χ3v) is 11.5. The van der Waals surface area contributed by atoms with Crippen LogP contribution in [-0.4, -0.2) is 30.8 Å². The minimum absolute atomic E-state index is 0.0984. The van der Waals surface area contributed by atoms with E-state index in [1.165, 1.54) is 38.5 Å². The molecule has 4 fully saturated rings. The van der Waals surface area contributed by atoms with Crippen LogP contribution >= 0.6 is 0 Å². The van der Waals surface area contributed by atoms with Gasteiger partial charge in [0.25, 0.3) is 0 Å². The van der Waals surface area contributed by atoms with Crippen LogP contribution in [0.1, 0.15) is 105 Å². The maximum absolute atomic E-state index is 11.4. The Balaban J connectivity index is 1.51. The second kappa shape index (κ2) is 9.71. The molecule has 33 heavy (non-hydrogen) atoms. The van der Waals surface area contributed by atoms with E-state index in [2.05, 4.69) is 27.7 Å². The van der Waals surface area contributed by atoms with E-state index in [9.17, 15) is 18.1 Å². The minimum atomic E-state index is -4.40. The number of hydrogen-bond acceptors (Lipinski definition) is 4. The number of aliphatic hydroxyl groups excluding tert-OH is 1. The summed E-state index contributed by atoms with van der Waals surface area (Å²) in [5, 5.41) is 10.3.